The van der Waals surface area contributed by atoms with Gasteiger partial charge in [0.1, 0.15) is 5.82 Å². The molecule has 1 aliphatic heterocycles. The number of benzene rings is 1. The van der Waals surface area contributed by atoms with Gasteiger partial charge in [-0.05, 0) is 43.7 Å². The summed E-state index contributed by atoms with van der Waals surface area (Å²) >= 11 is 6.03. The van der Waals surface area contributed by atoms with Crippen LogP contribution < -0.4 is 10.6 Å². The quantitative estimate of drug-likeness (QED) is 0.229. The Kier molecular flexibility index (Phi) is 13.0. The molecule has 27 heavy (non-hydrogen) atoms. The predicted octanol–water partition coefficient (Wildman–Crippen LogP) is 3.64. The highest BCUT2D eigenvalue weighted by atomic mass is 127. The Labute approximate surface area is 183 Å². The Morgan fingerprint density at radius 3 is 2.74 bits per heavy atom. The number of nitrogens with one attached hydrogen (secondary N) is 2. The fourth-order valence-electron chi connectivity index (χ4n) is 2.84. The van der Waals surface area contributed by atoms with Crippen LogP contribution in [0.1, 0.15) is 24.8 Å². The second-order valence-electron chi connectivity index (χ2n) is 6.36. The molecular weight excluding hydrogens is 484 g/mol. The number of hydrogen-bond donors (Lipinski definition) is 2. The molecule has 0 spiro atoms. The van der Waals surface area contributed by atoms with Crippen molar-refractivity contribution in [2.45, 2.75) is 25.7 Å². The third kappa shape index (κ3) is 9.40. The van der Waals surface area contributed by atoms with Gasteiger partial charge in [-0.1, -0.05) is 17.7 Å². The molecule has 1 saturated heterocycles. The maximum absolute atomic E-state index is 13.7. The number of halogens is 3. The molecular formula is C19H30ClFIN3O2. The number of guanidine groups is 1. The van der Waals surface area contributed by atoms with Crippen molar-refractivity contribution in [3.8, 4) is 0 Å². The molecule has 1 aromatic carbocycles. The first-order valence-electron chi connectivity index (χ1n) is 9.23. The van der Waals surface area contributed by atoms with Gasteiger partial charge in [0, 0.05) is 57.2 Å². The van der Waals surface area contributed by atoms with E-state index in [1.165, 1.54) is 6.07 Å². The minimum Gasteiger partial charge on any atom is -0.381 e. The van der Waals surface area contributed by atoms with E-state index in [1.54, 1.807) is 19.2 Å². The van der Waals surface area contributed by atoms with E-state index in [0.29, 0.717) is 35.4 Å². The zero-order valence-electron chi connectivity index (χ0n) is 15.8. The lowest BCUT2D eigenvalue weighted by atomic mass is 10.0. The van der Waals surface area contributed by atoms with E-state index in [1.807, 2.05) is 0 Å². The number of rotatable bonds is 9. The second-order valence-corrected chi connectivity index (χ2v) is 6.77. The summed E-state index contributed by atoms with van der Waals surface area (Å²) in [6, 6.07) is 4.74. The van der Waals surface area contributed by atoms with Crippen LogP contribution in [0.2, 0.25) is 5.02 Å². The standard InChI is InChI=1S/C19H29ClFN3O2.HI/c1-22-19(24-10-6-16-17(20)4-2-5-18(16)21)23-9-3-11-26-14-15-7-12-25-13-8-15;/h2,4-5,15H,3,6-14H2,1H3,(H2,22,23,24);1H. The average molecular weight is 514 g/mol. The Bertz CT molecular complexity index is 552. The molecule has 0 bridgehead atoms. The lowest BCUT2D eigenvalue weighted by Crippen LogP contribution is -2.39. The van der Waals surface area contributed by atoms with Gasteiger partial charge in [-0.25, -0.2) is 4.39 Å². The molecule has 0 aromatic heterocycles. The van der Waals surface area contributed by atoms with Crippen LogP contribution in [0.4, 0.5) is 4.39 Å². The molecule has 1 heterocycles. The summed E-state index contributed by atoms with van der Waals surface area (Å²) in [7, 11) is 1.72. The smallest absolute Gasteiger partial charge is 0.190 e. The molecule has 5 nitrogen and oxygen atoms in total. The first-order chi connectivity index (χ1) is 12.7. The third-order valence-corrected chi connectivity index (χ3v) is 4.76. The van der Waals surface area contributed by atoms with Crippen LogP contribution in [0.5, 0.6) is 0 Å². The minimum absolute atomic E-state index is 0. The van der Waals surface area contributed by atoms with Crippen molar-refractivity contribution < 1.29 is 13.9 Å². The summed E-state index contributed by atoms with van der Waals surface area (Å²) in [5.74, 6) is 1.06. The molecule has 0 aliphatic carbocycles. The van der Waals surface area contributed by atoms with E-state index in [9.17, 15) is 4.39 Å². The number of hydrogen-bond acceptors (Lipinski definition) is 3. The first-order valence-corrected chi connectivity index (χ1v) is 9.61. The molecule has 2 rings (SSSR count). The van der Waals surface area contributed by atoms with Crippen molar-refractivity contribution in [1.29, 1.82) is 0 Å². The number of nitrogens with zero attached hydrogens (tertiary/aromatic N) is 1. The molecule has 0 saturated carbocycles. The van der Waals surface area contributed by atoms with Crippen LogP contribution >= 0.6 is 35.6 Å². The highest BCUT2D eigenvalue weighted by Crippen LogP contribution is 2.19. The Balaban J connectivity index is 0.00000364. The highest BCUT2D eigenvalue weighted by molar-refractivity contribution is 14.0. The van der Waals surface area contributed by atoms with Crippen LogP contribution in [-0.2, 0) is 15.9 Å². The van der Waals surface area contributed by atoms with E-state index < -0.39 is 0 Å². The predicted molar refractivity (Wildman–Crippen MR) is 119 cm³/mol. The van der Waals surface area contributed by atoms with Crippen molar-refractivity contribution in [1.82, 2.24) is 10.6 Å². The van der Waals surface area contributed by atoms with Gasteiger partial charge in [-0.2, -0.15) is 0 Å². The van der Waals surface area contributed by atoms with Gasteiger partial charge < -0.3 is 20.1 Å². The molecule has 1 aliphatic rings. The topological polar surface area (TPSA) is 54.9 Å². The van der Waals surface area contributed by atoms with Crippen LogP contribution in [0, 0.1) is 11.7 Å². The fourth-order valence-corrected chi connectivity index (χ4v) is 3.10. The van der Waals surface area contributed by atoms with Gasteiger partial charge in [-0.15, -0.1) is 24.0 Å². The summed E-state index contributed by atoms with van der Waals surface area (Å²) in [5, 5.41) is 6.86. The minimum atomic E-state index is -0.274. The molecule has 154 valence electrons. The second kappa shape index (κ2) is 14.4. The van der Waals surface area contributed by atoms with E-state index in [-0.39, 0.29) is 29.8 Å². The normalized spacial score (nSPS) is 15.3. The van der Waals surface area contributed by atoms with Crippen LogP contribution in [0.3, 0.4) is 0 Å². The van der Waals surface area contributed by atoms with Crippen LogP contribution in [-0.4, -0.2) is 52.5 Å². The van der Waals surface area contributed by atoms with E-state index in [2.05, 4.69) is 15.6 Å². The first kappa shape index (κ1) is 24.4. The van der Waals surface area contributed by atoms with Crippen LogP contribution in [0.25, 0.3) is 0 Å². The molecule has 0 atom stereocenters. The maximum Gasteiger partial charge on any atom is 0.190 e. The van der Waals surface area contributed by atoms with Gasteiger partial charge in [0.25, 0.3) is 0 Å². The highest BCUT2D eigenvalue weighted by Gasteiger charge is 2.13. The van der Waals surface area contributed by atoms with Gasteiger partial charge in [-0.3, -0.25) is 4.99 Å². The fraction of sp³-hybridized carbons (Fsp3) is 0.632. The van der Waals surface area contributed by atoms with Gasteiger partial charge in [0.2, 0.25) is 0 Å². The largest absolute Gasteiger partial charge is 0.381 e. The van der Waals surface area contributed by atoms with E-state index >= 15 is 0 Å². The SMILES string of the molecule is CN=C(NCCCOCC1CCOCC1)NCCc1c(F)cccc1Cl.I. The van der Waals surface area contributed by atoms with Crippen LogP contribution in [0.15, 0.2) is 23.2 Å². The molecule has 0 unspecified atom stereocenters. The van der Waals surface area contributed by atoms with Crippen molar-refractivity contribution in [3.63, 3.8) is 0 Å². The maximum atomic E-state index is 13.7. The monoisotopic (exact) mass is 513 g/mol. The summed E-state index contributed by atoms with van der Waals surface area (Å²) in [6.45, 7) is 4.59. The van der Waals surface area contributed by atoms with Crippen molar-refractivity contribution in [2.75, 3.05) is 46.6 Å². The number of aliphatic imine (C=N–C) groups is 1. The van der Waals surface area contributed by atoms with Crippen molar-refractivity contribution in [3.05, 3.63) is 34.6 Å². The Hall–Kier alpha value is -0.640. The van der Waals surface area contributed by atoms with Gasteiger partial charge >= 0.3 is 0 Å². The third-order valence-electron chi connectivity index (χ3n) is 4.41. The van der Waals surface area contributed by atoms with E-state index in [4.69, 9.17) is 21.1 Å². The van der Waals surface area contributed by atoms with Crippen molar-refractivity contribution in [2.24, 2.45) is 10.9 Å². The molecule has 1 fully saturated rings. The Morgan fingerprint density at radius 2 is 2.04 bits per heavy atom. The molecule has 0 amide bonds. The van der Waals surface area contributed by atoms with Crippen molar-refractivity contribution >= 4 is 41.5 Å². The summed E-state index contributed by atoms with van der Waals surface area (Å²) in [6.07, 6.45) is 3.60. The lowest BCUT2D eigenvalue weighted by molar-refractivity contribution is 0.0203. The zero-order valence-corrected chi connectivity index (χ0v) is 18.9. The lowest BCUT2D eigenvalue weighted by Gasteiger charge is -2.21. The Morgan fingerprint density at radius 1 is 1.30 bits per heavy atom. The molecule has 0 radical (unpaired) electrons. The van der Waals surface area contributed by atoms with Gasteiger partial charge in [0.05, 0.1) is 0 Å². The molecule has 8 heteroatoms. The molecule has 2 N–H and O–H groups in total. The number of ether oxygens (including phenoxy) is 2. The average Bonchev–Trinajstić information content (AvgIpc) is 2.66. The molecule has 1 aromatic rings. The summed E-state index contributed by atoms with van der Waals surface area (Å²) in [4.78, 5) is 4.17. The van der Waals surface area contributed by atoms with E-state index in [0.717, 1.165) is 52.2 Å². The van der Waals surface area contributed by atoms with Gasteiger partial charge in [0.15, 0.2) is 5.96 Å². The summed E-state index contributed by atoms with van der Waals surface area (Å²) < 4.78 is 24.8. The zero-order chi connectivity index (χ0) is 18.6. The summed E-state index contributed by atoms with van der Waals surface area (Å²) in [5.41, 5.74) is 0.527.